The Labute approximate surface area is 45.1 Å². The van der Waals surface area contributed by atoms with Gasteiger partial charge in [0.25, 0.3) is 0 Å². The molecule has 4 heteroatoms. The fourth-order valence-electron chi connectivity index (χ4n) is 0.165. The van der Waals surface area contributed by atoms with Crippen LogP contribution in [0.15, 0.2) is 4.40 Å². The molecule has 2 nitrogen and oxygen atoms in total. The second-order valence-electron chi connectivity index (χ2n) is 0.696. The smallest absolute Gasteiger partial charge is 0.188 e. The van der Waals surface area contributed by atoms with Crippen molar-refractivity contribution in [1.29, 1.82) is 0 Å². The molecule has 1 aliphatic heterocycles. The Hall–Kier alpha value is 0.170. The summed E-state index contributed by atoms with van der Waals surface area (Å²) in [5.74, 6) is 0. The van der Waals surface area contributed by atoms with Gasteiger partial charge in [0.2, 0.25) is 0 Å². The van der Waals surface area contributed by atoms with Crippen molar-refractivity contribution in [3.8, 4) is 0 Å². The average molecular weight is 119 g/mol. The lowest BCUT2D eigenvalue weighted by atomic mass is 11.4. The Balaban J connectivity index is 2.26. The van der Waals surface area contributed by atoms with Crippen LogP contribution in [0.1, 0.15) is 0 Å². The minimum absolute atomic E-state index is 0.993. The van der Waals surface area contributed by atoms with Crippen molar-refractivity contribution in [2.45, 2.75) is 0 Å². The molecule has 33 valence electrons. The Bertz CT molecular complexity index is 54.6. The van der Waals surface area contributed by atoms with Gasteiger partial charge in [-0.2, -0.15) is 4.40 Å². The van der Waals surface area contributed by atoms with E-state index in [1.807, 2.05) is 0 Å². The van der Waals surface area contributed by atoms with Crippen LogP contribution in [0.5, 0.6) is 0 Å². The molecule has 0 amide bonds. The monoisotopic (exact) mass is 119 g/mol. The lowest BCUT2D eigenvalue weighted by Crippen LogP contribution is -2.01. The maximum Gasteiger partial charge on any atom is 0.188 e. The molecule has 1 aliphatic rings. The van der Waals surface area contributed by atoms with Crippen molar-refractivity contribution in [3.05, 3.63) is 0 Å². The van der Waals surface area contributed by atoms with E-state index in [4.69, 9.17) is 0 Å². The van der Waals surface area contributed by atoms with Crippen molar-refractivity contribution >= 4 is 30.2 Å². The highest BCUT2D eigenvalue weighted by atomic mass is 32.2. The summed E-state index contributed by atoms with van der Waals surface area (Å²) in [5, 5.41) is 0.993. The molecule has 0 spiro atoms. The molecule has 0 fully saturated rings. The summed E-state index contributed by atoms with van der Waals surface area (Å²) in [4.78, 5) is 0. The molecule has 6 heavy (non-hydrogen) atoms. The SMILES string of the molecule is [C]1=NSCSN1. The number of hydrogen-bond acceptors (Lipinski definition) is 4. The van der Waals surface area contributed by atoms with Gasteiger partial charge in [-0.25, -0.2) is 0 Å². The lowest BCUT2D eigenvalue weighted by molar-refractivity contribution is 1.57. The van der Waals surface area contributed by atoms with E-state index >= 15 is 0 Å². The molecule has 1 N–H and O–H groups in total. The van der Waals surface area contributed by atoms with Crippen LogP contribution in [0.3, 0.4) is 0 Å². The topological polar surface area (TPSA) is 24.4 Å². The molecule has 0 unspecified atom stereocenters. The Kier molecular flexibility index (Phi) is 1.71. The molecule has 0 aliphatic carbocycles. The molecular formula is C2H3N2S2. The second kappa shape index (κ2) is 2.36. The van der Waals surface area contributed by atoms with Crippen LogP contribution in [0.4, 0.5) is 0 Å². The van der Waals surface area contributed by atoms with Crippen LogP contribution >= 0.6 is 23.9 Å². The summed E-state index contributed by atoms with van der Waals surface area (Å²) in [5.41, 5.74) is 0. The molecule has 1 rings (SSSR count). The first kappa shape index (κ1) is 4.33. The van der Waals surface area contributed by atoms with Gasteiger partial charge >= 0.3 is 0 Å². The van der Waals surface area contributed by atoms with Crippen LogP contribution in [-0.2, 0) is 0 Å². The van der Waals surface area contributed by atoms with E-state index in [1.165, 1.54) is 11.9 Å². The van der Waals surface area contributed by atoms with E-state index < -0.39 is 0 Å². The Morgan fingerprint density at radius 2 is 2.83 bits per heavy atom. The maximum absolute atomic E-state index is 3.71. The van der Waals surface area contributed by atoms with E-state index in [1.54, 1.807) is 11.9 Å². The summed E-state index contributed by atoms with van der Waals surface area (Å²) >= 11 is 3.11. The van der Waals surface area contributed by atoms with Crippen LogP contribution in [-0.4, -0.2) is 11.4 Å². The molecule has 0 saturated carbocycles. The highest BCUT2D eigenvalue weighted by molar-refractivity contribution is 8.15. The van der Waals surface area contributed by atoms with Gasteiger partial charge in [0.05, 0.1) is 5.08 Å². The van der Waals surface area contributed by atoms with Crippen LogP contribution in [0, 0.1) is 0 Å². The van der Waals surface area contributed by atoms with Gasteiger partial charge in [0, 0.05) is 0 Å². The molecule has 0 saturated heterocycles. The molecular weight excluding hydrogens is 116 g/mol. The molecule has 1 radical (unpaired) electrons. The first-order chi connectivity index (χ1) is 3.00. The predicted octanol–water partition coefficient (Wildman–Crippen LogP) is 0.749. The zero-order chi connectivity index (χ0) is 4.24. The molecule has 0 aromatic heterocycles. The van der Waals surface area contributed by atoms with Gasteiger partial charge in [-0.3, -0.25) is 0 Å². The van der Waals surface area contributed by atoms with Crippen molar-refractivity contribution in [1.82, 2.24) is 4.72 Å². The van der Waals surface area contributed by atoms with Gasteiger partial charge in [-0.15, -0.1) is 0 Å². The van der Waals surface area contributed by atoms with Crippen molar-refractivity contribution in [2.24, 2.45) is 4.40 Å². The highest BCUT2D eigenvalue weighted by Gasteiger charge is 1.88. The minimum atomic E-state index is 0.993. The fraction of sp³-hybridized carbons (Fsp3) is 0.500. The zero-order valence-corrected chi connectivity index (χ0v) is 4.60. The first-order valence-electron chi connectivity index (χ1n) is 1.44. The average Bonchev–Trinajstić information content (AvgIpc) is 1.72. The maximum atomic E-state index is 3.71. The van der Waals surface area contributed by atoms with Crippen LogP contribution in [0.2, 0.25) is 0 Å². The Morgan fingerprint density at radius 3 is 3.00 bits per heavy atom. The quantitative estimate of drug-likeness (QED) is 0.476. The van der Waals surface area contributed by atoms with E-state index in [0.29, 0.717) is 0 Å². The molecule has 0 aromatic carbocycles. The van der Waals surface area contributed by atoms with Crippen LogP contribution in [0.25, 0.3) is 0 Å². The van der Waals surface area contributed by atoms with E-state index in [0.717, 1.165) is 5.08 Å². The molecule has 0 aromatic rings. The van der Waals surface area contributed by atoms with Gasteiger partial charge in [0.15, 0.2) is 6.34 Å². The number of hydrogen-bond donors (Lipinski definition) is 1. The van der Waals surface area contributed by atoms with E-state index in [-0.39, 0.29) is 0 Å². The normalized spacial score (nSPS) is 20.0. The first-order valence-corrected chi connectivity index (χ1v) is 3.37. The summed E-state index contributed by atoms with van der Waals surface area (Å²) in [7, 11) is 0. The molecule has 0 bridgehead atoms. The third kappa shape index (κ3) is 1.10. The second-order valence-corrected chi connectivity index (χ2v) is 2.57. The predicted molar refractivity (Wildman–Crippen MR) is 30.6 cm³/mol. The summed E-state index contributed by atoms with van der Waals surface area (Å²) < 4.78 is 6.48. The largest absolute Gasteiger partial charge is 0.310 e. The van der Waals surface area contributed by atoms with Crippen LogP contribution < -0.4 is 4.72 Å². The summed E-state index contributed by atoms with van der Waals surface area (Å²) in [6, 6.07) is 0. The molecule has 0 atom stereocenters. The van der Waals surface area contributed by atoms with Crippen molar-refractivity contribution in [2.75, 3.05) is 5.08 Å². The lowest BCUT2D eigenvalue weighted by Gasteiger charge is -1.97. The van der Waals surface area contributed by atoms with Crippen molar-refractivity contribution in [3.63, 3.8) is 0 Å². The van der Waals surface area contributed by atoms with Gasteiger partial charge in [-0.05, 0) is 23.9 Å². The number of rotatable bonds is 0. The van der Waals surface area contributed by atoms with Crippen molar-refractivity contribution < 1.29 is 0 Å². The fourth-order valence-corrected chi connectivity index (χ4v) is 1.10. The third-order valence-electron chi connectivity index (χ3n) is 0.340. The van der Waals surface area contributed by atoms with Gasteiger partial charge in [-0.1, -0.05) is 0 Å². The summed E-state index contributed by atoms with van der Waals surface area (Å²) in [6.45, 7) is 0. The third-order valence-corrected chi connectivity index (χ3v) is 1.69. The molecule has 1 heterocycles. The number of nitrogens with zero attached hydrogens (tertiary/aromatic N) is 1. The minimum Gasteiger partial charge on any atom is -0.310 e. The Morgan fingerprint density at radius 1 is 1.83 bits per heavy atom. The zero-order valence-electron chi connectivity index (χ0n) is 2.97. The van der Waals surface area contributed by atoms with Gasteiger partial charge in [0.1, 0.15) is 0 Å². The van der Waals surface area contributed by atoms with Gasteiger partial charge < -0.3 is 4.72 Å². The standard InChI is InChI=1S/C2H3N2S2/c1-3-5-2-6-4-1/h2H2,(H,3,4). The summed E-state index contributed by atoms with van der Waals surface area (Å²) in [6.07, 6.45) is 2.59. The van der Waals surface area contributed by atoms with E-state index in [2.05, 4.69) is 15.5 Å². The van der Waals surface area contributed by atoms with E-state index in [9.17, 15) is 0 Å². The highest BCUT2D eigenvalue weighted by Crippen LogP contribution is 2.11. The number of nitrogens with one attached hydrogen (secondary N) is 1.